The van der Waals surface area contributed by atoms with Crippen LogP contribution in [0.4, 0.5) is 0 Å². The highest BCUT2D eigenvalue weighted by molar-refractivity contribution is 7.71. The van der Waals surface area contributed by atoms with Crippen LogP contribution in [0.1, 0.15) is 55.2 Å². The number of carbonyl (C=O) groups is 1. The first-order valence-electron chi connectivity index (χ1n) is 12.6. The summed E-state index contributed by atoms with van der Waals surface area (Å²) >= 11 is 5.70. The van der Waals surface area contributed by atoms with Crippen LogP contribution in [0.25, 0.3) is 12.2 Å². The summed E-state index contributed by atoms with van der Waals surface area (Å²) in [5.74, 6) is -1.24. The Morgan fingerprint density at radius 3 is 2.23 bits per heavy atom. The van der Waals surface area contributed by atoms with Gasteiger partial charge >= 0.3 is 11.7 Å². The van der Waals surface area contributed by atoms with Crippen molar-refractivity contribution < 1.29 is 19.4 Å². The Bertz CT molecular complexity index is 1620. The summed E-state index contributed by atoms with van der Waals surface area (Å²) in [7, 11) is 1.59. The van der Waals surface area contributed by atoms with E-state index < -0.39 is 5.97 Å². The normalized spacial score (nSPS) is 12.5. The molecule has 0 spiro atoms. The van der Waals surface area contributed by atoms with Gasteiger partial charge in [0, 0.05) is 24.8 Å². The summed E-state index contributed by atoms with van der Waals surface area (Å²) in [6.45, 7) is 1.23. The van der Waals surface area contributed by atoms with Crippen molar-refractivity contribution in [3.8, 4) is 0 Å². The Kier molecular flexibility index (Phi) is 7.97. The molecule has 198 valence electrons. The van der Waals surface area contributed by atoms with E-state index in [1.54, 1.807) is 30.0 Å². The molecule has 0 atom stereocenters. The third-order valence-corrected chi connectivity index (χ3v) is 7.10. The summed E-state index contributed by atoms with van der Waals surface area (Å²) in [4.78, 5) is 27.7. The number of nitrogens with one attached hydrogen (secondary N) is 1. The minimum absolute atomic E-state index is 0.132. The average Bonchev–Trinajstić information content (AvgIpc) is 3.10. The summed E-state index contributed by atoms with van der Waals surface area (Å²) in [5, 5.41) is 9.67. The number of nitrogens with zero attached hydrogens (tertiary/aromatic N) is 1. The molecule has 0 radical (unpaired) electrons. The molecule has 1 aliphatic rings. The van der Waals surface area contributed by atoms with E-state index in [1.807, 2.05) is 30.3 Å². The monoisotopic (exact) mass is 540 g/mol. The van der Waals surface area contributed by atoms with Gasteiger partial charge in [-0.15, -0.1) is 0 Å². The topological polar surface area (TPSA) is 93.5 Å². The molecule has 2 N–H and O–H groups in total. The maximum atomic E-state index is 13.1. The van der Waals surface area contributed by atoms with Crippen molar-refractivity contribution in [3.05, 3.63) is 133 Å². The first kappa shape index (κ1) is 26.5. The number of rotatable bonds is 9. The largest absolute Gasteiger partial charge is 0.478 e. The molecule has 1 aliphatic carbocycles. The van der Waals surface area contributed by atoms with Gasteiger partial charge in [-0.2, -0.15) is 0 Å². The molecule has 3 aromatic carbocycles. The predicted octanol–water partition coefficient (Wildman–Crippen LogP) is 5.48. The van der Waals surface area contributed by atoms with E-state index in [9.17, 15) is 14.7 Å². The van der Waals surface area contributed by atoms with Crippen molar-refractivity contribution in [1.82, 2.24) is 9.55 Å². The van der Waals surface area contributed by atoms with Crippen molar-refractivity contribution in [2.75, 3.05) is 20.3 Å². The van der Waals surface area contributed by atoms with Crippen LogP contribution in [-0.2, 0) is 22.6 Å². The number of hydrogen-bond donors (Lipinski definition) is 2. The van der Waals surface area contributed by atoms with E-state index >= 15 is 0 Å². The zero-order valence-corrected chi connectivity index (χ0v) is 22.2. The second-order valence-electron chi connectivity index (χ2n) is 9.38. The summed E-state index contributed by atoms with van der Waals surface area (Å²) in [6, 6.07) is 21.3. The Hall–Kier alpha value is -4.11. The van der Waals surface area contributed by atoms with E-state index in [-0.39, 0.29) is 30.3 Å². The molecule has 0 amide bonds. The van der Waals surface area contributed by atoms with Crippen LogP contribution >= 0.6 is 12.2 Å². The Balaban J connectivity index is 1.57. The first-order chi connectivity index (χ1) is 18.9. The van der Waals surface area contributed by atoms with Gasteiger partial charge in [0.15, 0.2) is 0 Å². The fraction of sp³-hybridized carbons (Fsp3) is 0.194. The first-order valence-corrected chi connectivity index (χ1v) is 13.0. The van der Waals surface area contributed by atoms with Crippen molar-refractivity contribution >= 4 is 30.3 Å². The third-order valence-electron chi connectivity index (χ3n) is 6.76. The highest BCUT2D eigenvalue weighted by Crippen LogP contribution is 2.39. The van der Waals surface area contributed by atoms with Gasteiger partial charge < -0.3 is 14.6 Å². The molecular formula is C31H28N2O5S. The number of methoxy groups -OCH3 is 1. The van der Waals surface area contributed by atoms with Gasteiger partial charge in [-0.1, -0.05) is 79.0 Å². The number of H-pyrrole nitrogens is 1. The van der Waals surface area contributed by atoms with Gasteiger partial charge in [-0.05, 0) is 45.5 Å². The molecule has 0 saturated carbocycles. The molecule has 1 aromatic heterocycles. The van der Waals surface area contributed by atoms with Crippen LogP contribution in [0.2, 0.25) is 0 Å². The van der Waals surface area contributed by atoms with Crippen LogP contribution in [0.3, 0.4) is 0 Å². The van der Waals surface area contributed by atoms with Crippen LogP contribution in [-0.4, -0.2) is 41.0 Å². The second kappa shape index (κ2) is 11.7. The number of aromatic nitrogens is 2. The summed E-state index contributed by atoms with van der Waals surface area (Å²) < 4.78 is 12.5. The maximum Gasteiger partial charge on any atom is 0.335 e. The van der Waals surface area contributed by atoms with Crippen molar-refractivity contribution in [2.24, 2.45) is 0 Å². The lowest BCUT2D eigenvalue weighted by Gasteiger charge is -2.22. The van der Waals surface area contributed by atoms with Crippen LogP contribution in [0.15, 0.2) is 77.7 Å². The van der Waals surface area contributed by atoms with Gasteiger partial charge in [0.2, 0.25) is 0 Å². The summed E-state index contributed by atoms with van der Waals surface area (Å²) in [6.07, 6.45) is 6.00. The van der Waals surface area contributed by atoms with E-state index in [0.29, 0.717) is 29.0 Å². The highest BCUT2D eigenvalue weighted by atomic mass is 32.1. The molecule has 39 heavy (non-hydrogen) atoms. The van der Waals surface area contributed by atoms with E-state index in [2.05, 4.69) is 41.4 Å². The lowest BCUT2D eigenvalue weighted by atomic mass is 9.83. The Morgan fingerprint density at radius 1 is 0.949 bits per heavy atom. The second-order valence-corrected chi connectivity index (χ2v) is 9.79. The van der Waals surface area contributed by atoms with Crippen LogP contribution in [0.5, 0.6) is 0 Å². The molecular weight excluding hydrogens is 512 g/mol. The van der Waals surface area contributed by atoms with Crippen molar-refractivity contribution in [1.29, 1.82) is 0 Å². The zero-order valence-electron chi connectivity index (χ0n) is 21.4. The van der Waals surface area contributed by atoms with Gasteiger partial charge in [-0.3, -0.25) is 9.55 Å². The number of hydrogen-bond acceptors (Lipinski definition) is 5. The lowest BCUT2D eigenvalue weighted by molar-refractivity contribution is 0.0614. The predicted molar refractivity (Wildman–Crippen MR) is 153 cm³/mol. The van der Waals surface area contributed by atoms with Gasteiger partial charge in [0.25, 0.3) is 0 Å². The highest BCUT2D eigenvalue weighted by Gasteiger charge is 2.25. The fourth-order valence-corrected chi connectivity index (χ4v) is 5.23. The molecule has 0 saturated heterocycles. The van der Waals surface area contributed by atoms with Crippen molar-refractivity contribution in [2.45, 2.75) is 19.1 Å². The third kappa shape index (κ3) is 5.83. The average molecular weight is 541 g/mol. The van der Waals surface area contributed by atoms with Gasteiger partial charge in [0.1, 0.15) is 4.64 Å². The van der Waals surface area contributed by atoms with E-state index in [0.717, 1.165) is 27.8 Å². The zero-order chi connectivity index (χ0) is 27.4. The number of ether oxygens (including phenoxy) is 2. The summed E-state index contributed by atoms with van der Waals surface area (Å²) in [5.41, 5.74) is 6.28. The van der Waals surface area contributed by atoms with Crippen LogP contribution < -0.4 is 5.69 Å². The van der Waals surface area contributed by atoms with Crippen LogP contribution in [0, 0.1) is 4.64 Å². The lowest BCUT2D eigenvalue weighted by Crippen LogP contribution is -2.25. The maximum absolute atomic E-state index is 13.1. The van der Waals surface area contributed by atoms with E-state index in [1.165, 1.54) is 0 Å². The molecule has 8 heteroatoms. The minimum atomic E-state index is -1.05. The Labute approximate surface area is 231 Å². The molecule has 7 nitrogen and oxygen atoms in total. The fourth-order valence-electron chi connectivity index (χ4n) is 4.97. The molecule has 1 heterocycles. The van der Waals surface area contributed by atoms with E-state index in [4.69, 9.17) is 21.7 Å². The van der Waals surface area contributed by atoms with Gasteiger partial charge in [0.05, 0.1) is 31.9 Å². The molecule has 0 bridgehead atoms. The minimum Gasteiger partial charge on any atom is -0.478 e. The number of carboxylic acids is 1. The van der Waals surface area contributed by atoms with Gasteiger partial charge in [-0.25, -0.2) is 9.59 Å². The molecule has 5 rings (SSSR count). The number of aromatic carboxylic acids is 1. The molecule has 4 aromatic rings. The SMILES string of the molecule is COCCOCc1cc(Cn2cc(C3c4ccccc4C=Cc4ccccc43)c(=S)[nH]c2=O)cc(C(=O)O)c1. The molecule has 0 fully saturated rings. The standard InChI is InChI=1S/C31H28N2O5S/c1-37-12-13-38-19-21-14-20(15-24(16-21)30(34)35)17-33-18-27(29(39)32-31(33)36)28-25-8-4-2-6-22(25)10-11-23-7-3-5-9-26(23)28/h2-11,14-16,18,28H,12-13,17,19H2,1H3,(H,34,35)(H,32,36,39). The number of carboxylic acid groups (broad SMARTS) is 1. The number of fused-ring (bicyclic) bond motifs is 2. The Morgan fingerprint density at radius 2 is 1.59 bits per heavy atom. The molecule has 0 unspecified atom stereocenters. The van der Waals surface area contributed by atoms with Crippen molar-refractivity contribution in [3.63, 3.8) is 0 Å². The number of aromatic amines is 1. The molecule has 0 aliphatic heterocycles. The number of benzene rings is 3. The smallest absolute Gasteiger partial charge is 0.335 e. The quantitative estimate of drug-likeness (QED) is 0.190.